The average Bonchev–Trinajstić information content (AvgIpc) is 2.64. The summed E-state index contributed by atoms with van der Waals surface area (Å²) >= 11 is 0. The molecule has 138 valence electrons. The van der Waals surface area contributed by atoms with Crippen molar-refractivity contribution in [2.24, 2.45) is 0 Å². The smallest absolute Gasteiger partial charge is 0.253 e. The van der Waals surface area contributed by atoms with Crippen LogP contribution in [-0.2, 0) is 6.54 Å². The molecule has 27 heavy (non-hydrogen) atoms. The lowest BCUT2D eigenvalue weighted by Crippen LogP contribution is -2.23. The van der Waals surface area contributed by atoms with Crippen LogP contribution in [0.3, 0.4) is 0 Å². The zero-order valence-corrected chi connectivity index (χ0v) is 16.3. The van der Waals surface area contributed by atoms with Gasteiger partial charge in [-0.2, -0.15) is 0 Å². The van der Waals surface area contributed by atoms with Gasteiger partial charge in [-0.25, -0.2) is 0 Å². The summed E-state index contributed by atoms with van der Waals surface area (Å²) in [5, 5.41) is 6.35. The van der Waals surface area contributed by atoms with Crippen LogP contribution in [0.15, 0.2) is 54.9 Å². The number of pyridine rings is 1. The number of rotatable bonds is 5. The Morgan fingerprint density at radius 1 is 0.889 bits per heavy atom. The zero-order valence-electron chi connectivity index (χ0n) is 16.3. The Hall–Kier alpha value is -3.14. The van der Waals surface area contributed by atoms with Crippen LogP contribution >= 0.6 is 0 Å². The minimum atomic E-state index is -0.135. The van der Waals surface area contributed by atoms with E-state index in [0.29, 0.717) is 12.1 Å². The number of nitrogens with zero attached hydrogens (tertiary/aromatic N) is 1. The number of anilines is 2. The van der Waals surface area contributed by atoms with Crippen molar-refractivity contribution < 1.29 is 4.79 Å². The van der Waals surface area contributed by atoms with Crippen LogP contribution in [0, 0.1) is 27.7 Å². The number of aryl methyl sites for hydroxylation is 4. The molecule has 0 aliphatic carbocycles. The zero-order chi connectivity index (χ0) is 19.4. The normalized spacial score (nSPS) is 10.5. The molecule has 0 fully saturated rings. The van der Waals surface area contributed by atoms with E-state index in [1.165, 1.54) is 22.3 Å². The topological polar surface area (TPSA) is 54.0 Å². The Balaban J connectivity index is 1.71. The molecule has 2 N–H and O–H groups in total. The van der Waals surface area contributed by atoms with Gasteiger partial charge >= 0.3 is 0 Å². The predicted molar refractivity (Wildman–Crippen MR) is 111 cm³/mol. The van der Waals surface area contributed by atoms with Crippen molar-refractivity contribution in [3.05, 3.63) is 88.2 Å². The maximum atomic E-state index is 12.5. The average molecular weight is 359 g/mol. The van der Waals surface area contributed by atoms with Gasteiger partial charge < -0.3 is 10.6 Å². The van der Waals surface area contributed by atoms with Crippen LogP contribution in [0.5, 0.6) is 0 Å². The minimum Gasteiger partial charge on any atom is -0.354 e. The fraction of sp³-hybridized carbons (Fsp3) is 0.217. The van der Waals surface area contributed by atoms with Gasteiger partial charge in [0.1, 0.15) is 0 Å². The van der Waals surface area contributed by atoms with Gasteiger partial charge in [-0.05, 0) is 50.5 Å². The first kappa shape index (κ1) is 18.6. The van der Waals surface area contributed by atoms with Crippen LogP contribution in [-0.4, -0.2) is 10.9 Å². The van der Waals surface area contributed by atoms with Crippen molar-refractivity contribution in [2.75, 3.05) is 5.32 Å². The number of hydrogen-bond acceptors (Lipinski definition) is 3. The summed E-state index contributed by atoms with van der Waals surface area (Å²) in [6, 6.07) is 14.2. The molecule has 0 unspecified atom stereocenters. The lowest BCUT2D eigenvalue weighted by molar-refractivity contribution is 0.0950. The maximum absolute atomic E-state index is 12.5. The molecular formula is C23H25N3O. The molecule has 0 saturated carbocycles. The van der Waals surface area contributed by atoms with Gasteiger partial charge in [0.05, 0.1) is 17.4 Å². The predicted octanol–water partition coefficient (Wildman–Crippen LogP) is 4.99. The molecule has 4 heteroatoms. The fourth-order valence-corrected chi connectivity index (χ4v) is 3.14. The molecule has 3 rings (SSSR count). The Bertz CT molecular complexity index is 939. The molecule has 1 aromatic heterocycles. The number of carbonyl (C=O) groups is 1. The third-order valence-corrected chi connectivity index (χ3v) is 4.52. The number of amides is 1. The third kappa shape index (κ3) is 4.73. The van der Waals surface area contributed by atoms with Crippen LogP contribution in [0.2, 0.25) is 0 Å². The summed E-state index contributed by atoms with van der Waals surface area (Å²) < 4.78 is 0. The molecule has 0 atom stereocenters. The Morgan fingerprint density at radius 2 is 1.56 bits per heavy atom. The van der Waals surface area contributed by atoms with Crippen LogP contribution in [0.25, 0.3) is 0 Å². The van der Waals surface area contributed by atoms with Gasteiger partial charge in [0.25, 0.3) is 5.91 Å². The largest absolute Gasteiger partial charge is 0.354 e. The first-order valence-electron chi connectivity index (χ1n) is 9.06. The van der Waals surface area contributed by atoms with Gasteiger partial charge in [-0.15, -0.1) is 0 Å². The van der Waals surface area contributed by atoms with Gasteiger partial charge in [0, 0.05) is 18.4 Å². The number of benzene rings is 2. The molecule has 1 heterocycles. The second-order valence-electron chi connectivity index (χ2n) is 7.03. The van der Waals surface area contributed by atoms with Crippen LogP contribution in [0.4, 0.5) is 11.4 Å². The highest BCUT2D eigenvalue weighted by atomic mass is 16.1. The van der Waals surface area contributed by atoms with Crippen LogP contribution < -0.4 is 10.6 Å². The quantitative estimate of drug-likeness (QED) is 0.675. The van der Waals surface area contributed by atoms with E-state index in [1.54, 1.807) is 12.4 Å². The second kappa shape index (κ2) is 8.04. The standard InChI is InChI=1S/C23H25N3O/c1-15-5-7-19(8-6-15)12-25-23(27)20-11-21(14-24-13-20)26-22-17(3)9-16(2)10-18(22)4/h5-11,13-14,26H,12H2,1-4H3,(H,25,27). The van der Waals surface area contributed by atoms with Crippen molar-refractivity contribution in [2.45, 2.75) is 34.2 Å². The molecule has 2 aromatic carbocycles. The van der Waals surface area contributed by atoms with Crippen molar-refractivity contribution in [3.63, 3.8) is 0 Å². The molecule has 1 amide bonds. The number of hydrogen-bond donors (Lipinski definition) is 2. The van der Waals surface area contributed by atoms with Crippen molar-refractivity contribution in [3.8, 4) is 0 Å². The Labute approximate surface area is 160 Å². The van der Waals surface area contributed by atoms with Crippen molar-refractivity contribution in [1.29, 1.82) is 0 Å². The Morgan fingerprint density at radius 3 is 2.22 bits per heavy atom. The molecule has 0 saturated heterocycles. The number of carbonyl (C=O) groups excluding carboxylic acids is 1. The molecule has 0 spiro atoms. The van der Waals surface area contributed by atoms with E-state index in [2.05, 4.69) is 48.5 Å². The highest BCUT2D eigenvalue weighted by molar-refractivity contribution is 5.94. The summed E-state index contributed by atoms with van der Waals surface area (Å²) in [5.41, 5.74) is 8.24. The highest BCUT2D eigenvalue weighted by Crippen LogP contribution is 2.25. The van der Waals surface area contributed by atoms with E-state index < -0.39 is 0 Å². The molecule has 4 nitrogen and oxygen atoms in total. The molecular weight excluding hydrogens is 334 g/mol. The van der Waals surface area contributed by atoms with E-state index in [4.69, 9.17) is 0 Å². The lowest BCUT2D eigenvalue weighted by Gasteiger charge is -2.14. The minimum absolute atomic E-state index is 0.135. The Kier molecular flexibility index (Phi) is 5.55. The van der Waals surface area contributed by atoms with E-state index in [1.807, 2.05) is 37.3 Å². The second-order valence-corrected chi connectivity index (χ2v) is 7.03. The molecule has 0 aliphatic rings. The first-order chi connectivity index (χ1) is 12.9. The summed E-state index contributed by atoms with van der Waals surface area (Å²) in [7, 11) is 0. The molecule has 3 aromatic rings. The van der Waals surface area contributed by atoms with E-state index in [0.717, 1.165) is 16.9 Å². The van der Waals surface area contributed by atoms with Gasteiger partial charge in [-0.3, -0.25) is 9.78 Å². The van der Waals surface area contributed by atoms with Gasteiger partial charge in [0.2, 0.25) is 0 Å². The number of nitrogens with one attached hydrogen (secondary N) is 2. The third-order valence-electron chi connectivity index (χ3n) is 4.52. The van der Waals surface area contributed by atoms with Gasteiger partial charge in [-0.1, -0.05) is 47.5 Å². The maximum Gasteiger partial charge on any atom is 0.253 e. The van der Waals surface area contributed by atoms with Crippen molar-refractivity contribution in [1.82, 2.24) is 10.3 Å². The molecule has 0 aliphatic heterocycles. The number of aromatic nitrogens is 1. The van der Waals surface area contributed by atoms with Gasteiger partial charge in [0.15, 0.2) is 0 Å². The summed E-state index contributed by atoms with van der Waals surface area (Å²) in [6.45, 7) is 8.78. The van der Waals surface area contributed by atoms with E-state index in [9.17, 15) is 4.79 Å². The highest BCUT2D eigenvalue weighted by Gasteiger charge is 2.09. The SMILES string of the molecule is Cc1ccc(CNC(=O)c2cncc(Nc3c(C)cc(C)cc3C)c2)cc1. The van der Waals surface area contributed by atoms with Crippen molar-refractivity contribution >= 4 is 17.3 Å². The fourth-order valence-electron chi connectivity index (χ4n) is 3.14. The summed E-state index contributed by atoms with van der Waals surface area (Å²) in [6.07, 6.45) is 3.32. The van der Waals surface area contributed by atoms with E-state index >= 15 is 0 Å². The van der Waals surface area contributed by atoms with Crippen LogP contribution in [0.1, 0.15) is 38.2 Å². The molecule has 0 bridgehead atoms. The van der Waals surface area contributed by atoms with E-state index in [-0.39, 0.29) is 5.91 Å². The lowest BCUT2D eigenvalue weighted by atomic mass is 10.0. The molecule has 0 radical (unpaired) electrons. The monoisotopic (exact) mass is 359 g/mol. The first-order valence-corrected chi connectivity index (χ1v) is 9.06. The summed E-state index contributed by atoms with van der Waals surface area (Å²) in [5.74, 6) is -0.135. The summed E-state index contributed by atoms with van der Waals surface area (Å²) in [4.78, 5) is 16.7.